The van der Waals surface area contributed by atoms with Crippen LogP contribution < -0.4 is 0 Å². The summed E-state index contributed by atoms with van der Waals surface area (Å²) in [5.41, 5.74) is 1.00. The highest BCUT2D eigenvalue weighted by atomic mass is 35.5. The Hall–Kier alpha value is -2.37. The van der Waals surface area contributed by atoms with Gasteiger partial charge in [0.15, 0.2) is 0 Å². The minimum Gasteiger partial charge on any atom is -0.272 e. The van der Waals surface area contributed by atoms with E-state index in [-0.39, 0.29) is 40.8 Å². The van der Waals surface area contributed by atoms with E-state index in [2.05, 4.69) is 6.92 Å². The van der Waals surface area contributed by atoms with Crippen molar-refractivity contribution in [2.75, 3.05) is 0 Å². The van der Waals surface area contributed by atoms with Crippen LogP contribution in [-0.2, 0) is 16.1 Å². The van der Waals surface area contributed by atoms with Gasteiger partial charge in [0.2, 0.25) is 0 Å². The van der Waals surface area contributed by atoms with Crippen molar-refractivity contribution in [3.8, 4) is 0 Å². The Labute approximate surface area is 185 Å². The predicted octanol–water partition coefficient (Wildman–Crippen LogP) is 4.97. The third kappa shape index (κ3) is 3.84. The molecule has 2 fully saturated rings. The molecule has 7 heteroatoms. The van der Waals surface area contributed by atoms with Crippen LogP contribution in [0.15, 0.2) is 48.5 Å². The van der Waals surface area contributed by atoms with Crippen molar-refractivity contribution >= 4 is 40.9 Å². The number of rotatable bonds is 4. The number of halogens is 2. The first-order chi connectivity index (χ1) is 14.4. The van der Waals surface area contributed by atoms with Crippen LogP contribution in [0.1, 0.15) is 42.1 Å². The van der Waals surface area contributed by atoms with E-state index < -0.39 is 5.91 Å². The van der Waals surface area contributed by atoms with E-state index in [0.717, 1.165) is 17.0 Å². The van der Waals surface area contributed by atoms with Crippen LogP contribution in [-0.4, -0.2) is 27.7 Å². The fraction of sp³-hybridized carbons (Fsp3) is 0.348. The number of amides is 3. The molecule has 0 spiro atoms. The largest absolute Gasteiger partial charge is 0.274 e. The lowest BCUT2D eigenvalue weighted by molar-refractivity contribution is -0.155. The summed E-state index contributed by atoms with van der Waals surface area (Å²) in [6.07, 6.45) is 2.24. The summed E-state index contributed by atoms with van der Waals surface area (Å²) in [4.78, 5) is 39.9. The second kappa shape index (κ2) is 8.40. The molecule has 3 amide bonds. The van der Waals surface area contributed by atoms with Crippen LogP contribution in [0.4, 0.5) is 0 Å². The molecule has 0 N–H and O–H groups in total. The molecular formula is C23H22Cl2N2O3. The normalized spacial score (nSPS) is 23.4. The third-order valence-electron chi connectivity index (χ3n) is 5.99. The van der Waals surface area contributed by atoms with Crippen molar-refractivity contribution in [3.63, 3.8) is 0 Å². The zero-order chi connectivity index (χ0) is 21.4. The first-order valence-electron chi connectivity index (χ1n) is 10.1. The molecule has 5 nitrogen and oxygen atoms in total. The summed E-state index contributed by atoms with van der Waals surface area (Å²) in [7, 11) is 0. The number of imide groups is 1. The van der Waals surface area contributed by atoms with Gasteiger partial charge in [0.1, 0.15) is 0 Å². The Morgan fingerprint density at radius 1 is 1.00 bits per heavy atom. The zero-order valence-corrected chi connectivity index (χ0v) is 18.1. The summed E-state index contributed by atoms with van der Waals surface area (Å²) in [6, 6.07) is 13.6. The highest BCUT2D eigenvalue weighted by molar-refractivity contribution is 6.33. The quantitative estimate of drug-likeness (QED) is 0.625. The Morgan fingerprint density at radius 3 is 2.37 bits per heavy atom. The fourth-order valence-corrected chi connectivity index (χ4v) is 4.72. The van der Waals surface area contributed by atoms with E-state index >= 15 is 0 Å². The van der Waals surface area contributed by atoms with Crippen LogP contribution in [0, 0.1) is 17.8 Å². The second-order valence-corrected chi connectivity index (χ2v) is 8.93. The number of benzene rings is 2. The Bertz CT molecular complexity index is 992. The standard InChI is InChI=1S/C23H22Cl2N2O3/c1-14-6-11-17-19(12-14)23(30)27(22(17)29)26(13-15-7-9-16(24)10-8-15)21(28)18-4-2-3-5-20(18)25/h2-5,7-10,14,17,19H,6,11-13H2,1H3/t14-,17-,19+/m1/s1. The van der Waals surface area contributed by atoms with E-state index in [1.165, 1.54) is 5.01 Å². The lowest BCUT2D eigenvalue weighted by Gasteiger charge is -2.31. The number of hydrazine groups is 1. The van der Waals surface area contributed by atoms with Crippen molar-refractivity contribution in [1.82, 2.24) is 10.0 Å². The predicted molar refractivity (Wildman–Crippen MR) is 115 cm³/mol. The smallest absolute Gasteiger partial charge is 0.272 e. The molecule has 2 aliphatic rings. The average Bonchev–Trinajstić information content (AvgIpc) is 2.97. The number of carbonyl (C=O) groups is 3. The first kappa shape index (κ1) is 20.9. The molecule has 1 heterocycles. The molecule has 2 aromatic carbocycles. The molecule has 3 atom stereocenters. The Balaban J connectivity index is 1.72. The van der Waals surface area contributed by atoms with Crippen molar-refractivity contribution in [1.29, 1.82) is 0 Å². The lowest BCUT2D eigenvalue weighted by Crippen LogP contribution is -2.49. The molecule has 1 saturated carbocycles. The summed E-state index contributed by atoms with van der Waals surface area (Å²) in [5.74, 6) is -1.43. The van der Waals surface area contributed by atoms with Gasteiger partial charge in [-0.2, -0.15) is 5.01 Å². The fourth-order valence-electron chi connectivity index (χ4n) is 4.38. The number of fused-ring (bicyclic) bond motifs is 1. The van der Waals surface area contributed by atoms with Gasteiger partial charge in [-0.05, 0) is 55.0 Å². The molecule has 30 heavy (non-hydrogen) atoms. The number of carbonyl (C=O) groups excluding carboxylic acids is 3. The average molecular weight is 445 g/mol. The van der Waals surface area contributed by atoms with Crippen LogP contribution >= 0.6 is 23.2 Å². The highest BCUT2D eigenvalue weighted by Crippen LogP contribution is 2.41. The maximum absolute atomic E-state index is 13.5. The Morgan fingerprint density at radius 2 is 1.67 bits per heavy atom. The lowest BCUT2D eigenvalue weighted by atomic mass is 9.76. The van der Waals surface area contributed by atoms with Gasteiger partial charge in [-0.25, -0.2) is 5.01 Å². The second-order valence-electron chi connectivity index (χ2n) is 8.09. The maximum atomic E-state index is 13.5. The van der Waals surface area contributed by atoms with E-state index in [1.807, 2.05) is 0 Å². The van der Waals surface area contributed by atoms with Gasteiger partial charge in [-0.1, -0.05) is 54.4 Å². The van der Waals surface area contributed by atoms with Crippen molar-refractivity contribution in [2.24, 2.45) is 17.8 Å². The molecule has 0 bridgehead atoms. The van der Waals surface area contributed by atoms with Gasteiger partial charge in [0.25, 0.3) is 17.7 Å². The molecule has 1 aliphatic carbocycles. The van der Waals surface area contributed by atoms with Gasteiger partial charge < -0.3 is 0 Å². The molecule has 4 rings (SSSR count). The summed E-state index contributed by atoms with van der Waals surface area (Å²) >= 11 is 12.2. The molecule has 1 aliphatic heterocycles. The van der Waals surface area contributed by atoms with E-state index in [9.17, 15) is 14.4 Å². The monoisotopic (exact) mass is 444 g/mol. The number of hydrogen-bond acceptors (Lipinski definition) is 3. The minimum atomic E-state index is -0.482. The summed E-state index contributed by atoms with van der Waals surface area (Å²) in [6.45, 7) is 2.16. The molecule has 156 valence electrons. The molecule has 2 aromatic rings. The van der Waals surface area contributed by atoms with E-state index in [4.69, 9.17) is 23.2 Å². The van der Waals surface area contributed by atoms with Crippen molar-refractivity contribution < 1.29 is 14.4 Å². The summed E-state index contributed by atoms with van der Waals surface area (Å²) < 4.78 is 0. The van der Waals surface area contributed by atoms with Crippen LogP contribution in [0.5, 0.6) is 0 Å². The minimum absolute atomic E-state index is 0.0632. The molecule has 0 radical (unpaired) electrons. The number of nitrogens with zero attached hydrogens (tertiary/aromatic N) is 2. The van der Waals surface area contributed by atoms with Gasteiger partial charge in [0.05, 0.1) is 29.0 Å². The van der Waals surface area contributed by atoms with Gasteiger partial charge in [-0.15, -0.1) is 0 Å². The molecule has 0 unspecified atom stereocenters. The van der Waals surface area contributed by atoms with Gasteiger partial charge >= 0.3 is 0 Å². The van der Waals surface area contributed by atoms with Gasteiger partial charge in [0, 0.05) is 5.02 Å². The maximum Gasteiger partial charge on any atom is 0.274 e. The van der Waals surface area contributed by atoms with E-state index in [1.54, 1.807) is 48.5 Å². The molecule has 1 saturated heterocycles. The Kier molecular flexibility index (Phi) is 5.85. The SMILES string of the molecule is C[C@@H]1CC[C@H]2C(=O)N(N(Cc3ccc(Cl)cc3)C(=O)c3ccccc3Cl)C(=O)[C@H]2C1. The van der Waals surface area contributed by atoms with Gasteiger partial charge in [-0.3, -0.25) is 14.4 Å². The van der Waals surface area contributed by atoms with Crippen LogP contribution in [0.2, 0.25) is 10.0 Å². The molecule has 0 aromatic heterocycles. The van der Waals surface area contributed by atoms with E-state index in [0.29, 0.717) is 23.8 Å². The summed E-state index contributed by atoms with van der Waals surface area (Å²) in [5, 5.41) is 3.14. The first-order valence-corrected chi connectivity index (χ1v) is 10.8. The van der Waals surface area contributed by atoms with Crippen LogP contribution in [0.25, 0.3) is 0 Å². The van der Waals surface area contributed by atoms with Crippen molar-refractivity contribution in [3.05, 3.63) is 69.7 Å². The molecular weight excluding hydrogens is 423 g/mol. The van der Waals surface area contributed by atoms with Crippen molar-refractivity contribution in [2.45, 2.75) is 32.7 Å². The third-order valence-corrected chi connectivity index (χ3v) is 6.57. The number of hydrogen-bond donors (Lipinski definition) is 0. The topological polar surface area (TPSA) is 57.7 Å². The zero-order valence-electron chi connectivity index (χ0n) is 16.6. The van der Waals surface area contributed by atoms with Crippen LogP contribution in [0.3, 0.4) is 0 Å². The highest BCUT2D eigenvalue weighted by Gasteiger charge is 2.52.